The first kappa shape index (κ1) is 11.3. The quantitative estimate of drug-likeness (QED) is 0.373. The Balaban J connectivity index is -0.000000180. The molecule has 3 nitrogen and oxygen atoms in total. The third-order valence-electron chi connectivity index (χ3n) is 0.518. The molecule has 0 saturated heterocycles. The molecule has 4 heteroatoms. The van der Waals surface area contributed by atoms with Crippen molar-refractivity contribution in [2.24, 2.45) is 5.73 Å². The van der Waals surface area contributed by atoms with Crippen LogP contribution < -0.4 is 40.6 Å². The van der Waals surface area contributed by atoms with Gasteiger partial charge in [0.2, 0.25) is 5.91 Å². The van der Waals surface area contributed by atoms with Crippen molar-refractivity contribution in [3.63, 3.8) is 0 Å². The van der Waals surface area contributed by atoms with Gasteiger partial charge < -0.3 is 12.5 Å². The van der Waals surface area contributed by atoms with Crippen molar-refractivity contribution < 1.29 is 35.8 Å². The molecular weight excluding hydrogens is 115 g/mol. The van der Waals surface area contributed by atoms with E-state index in [0.29, 0.717) is 13.1 Å². The summed E-state index contributed by atoms with van der Waals surface area (Å²) in [6, 6.07) is 0. The zero-order valence-corrected chi connectivity index (χ0v) is 7.40. The first-order chi connectivity index (χ1) is 3.27. The Hall–Kier alpha value is 0.430. The van der Waals surface area contributed by atoms with Crippen molar-refractivity contribution in [2.75, 3.05) is 13.1 Å². The number of amides is 1. The summed E-state index contributed by atoms with van der Waals surface area (Å²) in [5, 5.41) is 2.53. The van der Waals surface area contributed by atoms with Gasteiger partial charge in [0.25, 0.3) is 0 Å². The molecule has 0 rings (SSSR count). The largest absolute Gasteiger partial charge is 1.00 e. The van der Waals surface area contributed by atoms with Crippen molar-refractivity contribution in [2.45, 2.75) is 6.92 Å². The molecule has 44 valence electrons. The Bertz CT molecular complexity index is 71.6. The van der Waals surface area contributed by atoms with Gasteiger partial charge in [-0.1, -0.05) is 0 Å². The number of carbonyl (C=O) groups is 1. The second-order valence-electron chi connectivity index (χ2n) is 1.27. The second-order valence-corrected chi connectivity index (χ2v) is 1.27. The van der Waals surface area contributed by atoms with E-state index in [-0.39, 0.29) is 36.9 Å². The number of carbonyl (C=O) groups excluding carboxylic acids is 1. The molecule has 0 aromatic rings. The van der Waals surface area contributed by atoms with Crippen molar-refractivity contribution >= 4 is 5.91 Å². The summed E-state index contributed by atoms with van der Waals surface area (Å²) in [6.45, 7) is 2.56. The topological polar surface area (TPSA) is 55.1 Å². The minimum atomic E-state index is -0.0227. The van der Waals surface area contributed by atoms with Crippen LogP contribution in [0, 0.1) is 0 Å². The number of nitrogens with two attached hydrogens (primary N) is 1. The Morgan fingerprint density at radius 3 is 2.50 bits per heavy atom. The molecule has 0 atom stereocenters. The summed E-state index contributed by atoms with van der Waals surface area (Å²) in [5.41, 5.74) is 5.06. The van der Waals surface area contributed by atoms with Crippen LogP contribution >= 0.6 is 0 Å². The summed E-state index contributed by atoms with van der Waals surface area (Å²) >= 11 is 0. The summed E-state index contributed by atoms with van der Waals surface area (Å²) in [5.74, 6) is -0.0227. The van der Waals surface area contributed by atoms with Gasteiger partial charge in [-0.2, -0.15) is 0 Å². The zero-order chi connectivity index (χ0) is 5.70. The number of hydrogen-bond donors (Lipinski definition) is 2. The van der Waals surface area contributed by atoms with E-state index in [1.807, 2.05) is 0 Å². The van der Waals surface area contributed by atoms with Gasteiger partial charge in [-0.25, -0.2) is 0 Å². The van der Waals surface area contributed by atoms with Gasteiger partial charge in [-0.15, -0.1) is 0 Å². The maximum Gasteiger partial charge on any atom is 1.00 e. The van der Waals surface area contributed by atoms with E-state index < -0.39 is 0 Å². The molecule has 8 heavy (non-hydrogen) atoms. The molecule has 0 fully saturated rings. The first-order valence-corrected chi connectivity index (χ1v) is 2.22. The Labute approximate surface area is 72.8 Å². The van der Waals surface area contributed by atoms with E-state index in [2.05, 4.69) is 5.32 Å². The Kier molecular flexibility index (Phi) is 10.5. The molecule has 3 N–H and O–H groups in total. The molecule has 0 aliphatic heterocycles. The molecule has 0 unspecified atom stereocenters. The third kappa shape index (κ3) is 9.66. The normalized spacial score (nSPS) is 7.25. The molecular formula is C4H11N2NaO. The van der Waals surface area contributed by atoms with Gasteiger partial charge >= 0.3 is 29.6 Å². The number of hydrogen-bond acceptors (Lipinski definition) is 2. The van der Waals surface area contributed by atoms with Crippen LogP contribution in [0.3, 0.4) is 0 Å². The molecule has 0 aromatic heterocycles. The monoisotopic (exact) mass is 126 g/mol. The molecule has 1 amide bonds. The van der Waals surface area contributed by atoms with Crippen LogP contribution in [0.5, 0.6) is 0 Å². The second kappa shape index (κ2) is 7.43. The van der Waals surface area contributed by atoms with Gasteiger partial charge in [-0.05, 0) is 0 Å². The number of nitrogens with one attached hydrogen (secondary N) is 1. The average Bonchev–Trinajstić information content (AvgIpc) is 1.61. The van der Waals surface area contributed by atoms with Crippen molar-refractivity contribution in [1.29, 1.82) is 0 Å². The fraction of sp³-hybridized carbons (Fsp3) is 0.750. The van der Waals surface area contributed by atoms with Crippen molar-refractivity contribution in [3.8, 4) is 0 Å². The molecule has 0 radical (unpaired) electrons. The predicted molar refractivity (Wildman–Crippen MR) is 28.9 cm³/mol. The summed E-state index contributed by atoms with van der Waals surface area (Å²) in [7, 11) is 0. The molecule has 0 saturated carbocycles. The van der Waals surface area contributed by atoms with Crippen LogP contribution in [0.4, 0.5) is 0 Å². The Morgan fingerprint density at radius 1 is 1.88 bits per heavy atom. The van der Waals surface area contributed by atoms with Gasteiger partial charge in [0.05, 0.1) is 0 Å². The van der Waals surface area contributed by atoms with Crippen LogP contribution in [0.15, 0.2) is 0 Å². The average molecular weight is 126 g/mol. The number of rotatable bonds is 2. The maximum atomic E-state index is 10.0. The van der Waals surface area contributed by atoms with Gasteiger partial charge in [-0.3, -0.25) is 4.79 Å². The van der Waals surface area contributed by atoms with Crippen LogP contribution in [-0.2, 0) is 4.79 Å². The standard InChI is InChI=1S/C4H10N2O.Na.H/c1-4(7)6-3-2-5;;/h2-3,5H2,1H3,(H,6,7);;/q;+1;-1. The van der Waals surface area contributed by atoms with E-state index in [0.717, 1.165) is 0 Å². The third-order valence-corrected chi connectivity index (χ3v) is 0.518. The zero-order valence-electron chi connectivity index (χ0n) is 6.40. The fourth-order valence-corrected chi connectivity index (χ4v) is 0.248. The summed E-state index contributed by atoms with van der Waals surface area (Å²) in [6.07, 6.45) is 0. The van der Waals surface area contributed by atoms with Crippen LogP contribution in [0.25, 0.3) is 0 Å². The van der Waals surface area contributed by atoms with Gasteiger partial charge in [0, 0.05) is 20.0 Å². The SMILES string of the molecule is CC(=O)NCCN.[H-].[Na+]. The molecule has 0 bridgehead atoms. The van der Waals surface area contributed by atoms with E-state index in [4.69, 9.17) is 5.73 Å². The molecule has 0 aliphatic rings. The van der Waals surface area contributed by atoms with Crippen LogP contribution in [-0.4, -0.2) is 19.0 Å². The van der Waals surface area contributed by atoms with Gasteiger partial charge in [0.1, 0.15) is 0 Å². The van der Waals surface area contributed by atoms with E-state index in [9.17, 15) is 4.79 Å². The van der Waals surface area contributed by atoms with E-state index in [1.54, 1.807) is 0 Å². The summed E-state index contributed by atoms with van der Waals surface area (Å²) < 4.78 is 0. The Morgan fingerprint density at radius 2 is 2.38 bits per heavy atom. The van der Waals surface area contributed by atoms with Crippen molar-refractivity contribution in [3.05, 3.63) is 0 Å². The molecule has 0 spiro atoms. The van der Waals surface area contributed by atoms with Crippen molar-refractivity contribution in [1.82, 2.24) is 5.32 Å². The minimum Gasteiger partial charge on any atom is -1.00 e. The van der Waals surface area contributed by atoms with Gasteiger partial charge in [0.15, 0.2) is 0 Å². The maximum absolute atomic E-state index is 10.0. The predicted octanol–water partition coefficient (Wildman–Crippen LogP) is -3.80. The first-order valence-electron chi connectivity index (χ1n) is 2.22. The molecule has 0 heterocycles. The van der Waals surface area contributed by atoms with E-state index >= 15 is 0 Å². The van der Waals surface area contributed by atoms with Crippen LogP contribution in [0.1, 0.15) is 8.35 Å². The fourth-order valence-electron chi connectivity index (χ4n) is 0.248. The minimum absolute atomic E-state index is 0. The van der Waals surface area contributed by atoms with Crippen LogP contribution in [0.2, 0.25) is 0 Å². The molecule has 0 aromatic carbocycles. The summed E-state index contributed by atoms with van der Waals surface area (Å²) in [4.78, 5) is 10.0. The van der Waals surface area contributed by atoms with E-state index in [1.165, 1.54) is 6.92 Å². The smallest absolute Gasteiger partial charge is 1.00 e. The molecule has 0 aliphatic carbocycles.